The monoisotopic (exact) mass is 394 g/mol. The van der Waals surface area contributed by atoms with Crippen LogP contribution < -0.4 is 21.4 Å². The average Bonchev–Trinajstić information content (AvgIpc) is 3.42. The number of carbonyl (C=O) groups excluding carboxylic acids is 3. The van der Waals surface area contributed by atoms with E-state index in [0.717, 1.165) is 25.1 Å². The Morgan fingerprint density at radius 2 is 2.19 bits per heavy atom. The summed E-state index contributed by atoms with van der Waals surface area (Å²) in [5, 5.41) is 18.6. The number of anilines is 1. The maximum absolute atomic E-state index is 13.1. The predicted octanol–water partition coefficient (Wildman–Crippen LogP) is 1.00. The molecule has 0 spiro atoms. The van der Waals surface area contributed by atoms with Gasteiger partial charge >= 0.3 is 6.03 Å². The summed E-state index contributed by atoms with van der Waals surface area (Å²) >= 11 is 5.64. The van der Waals surface area contributed by atoms with Crippen molar-refractivity contribution in [3.63, 3.8) is 0 Å². The zero-order valence-electron chi connectivity index (χ0n) is 13.9. The summed E-state index contributed by atoms with van der Waals surface area (Å²) in [5.41, 5.74) is 1.26. The first kappa shape index (κ1) is 18.8. The van der Waals surface area contributed by atoms with Gasteiger partial charge in [-0.25, -0.2) is 9.18 Å². The predicted molar refractivity (Wildman–Crippen MR) is 96.4 cm³/mol. The third kappa shape index (κ3) is 4.05. The Morgan fingerprint density at radius 1 is 1.44 bits per heavy atom. The summed E-state index contributed by atoms with van der Waals surface area (Å²) in [7, 11) is 0. The molecule has 5 N–H and O–H groups in total. The molecule has 0 bridgehead atoms. The number of nitrogens with one attached hydrogen (secondary N) is 5. The Kier molecular flexibility index (Phi) is 5.08. The van der Waals surface area contributed by atoms with Gasteiger partial charge in [0.1, 0.15) is 17.1 Å². The molecule has 11 heteroatoms. The van der Waals surface area contributed by atoms with E-state index in [9.17, 15) is 18.8 Å². The van der Waals surface area contributed by atoms with Crippen molar-refractivity contribution < 1.29 is 18.8 Å². The number of imide groups is 1. The van der Waals surface area contributed by atoms with Gasteiger partial charge in [0.25, 0.3) is 11.8 Å². The zero-order valence-corrected chi connectivity index (χ0v) is 14.7. The van der Waals surface area contributed by atoms with Crippen LogP contribution in [0.15, 0.2) is 23.3 Å². The number of rotatable bonds is 7. The van der Waals surface area contributed by atoms with E-state index in [0.29, 0.717) is 5.69 Å². The number of carbonyl (C=O) groups is 3. The van der Waals surface area contributed by atoms with Crippen LogP contribution >= 0.6 is 11.6 Å². The number of hydrogen-bond donors (Lipinski definition) is 5. The van der Waals surface area contributed by atoms with E-state index in [1.165, 1.54) is 12.1 Å². The Labute approximate surface area is 158 Å². The number of amides is 4. The van der Waals surface area contributed by atoms with Gasteiger partial charge < -0.3 is 10.6 Å². The van der Waals surface area contributed by atoms with Crippen molar-refractivity contribution in [3.8, 4) is 0 Å². The van der Waals surface area contributed by atoms with Gasteiger partial charge in [0.15, 0.2) is 0 Å². The van der Waals surface area contributed by atoms with Crippen LogP contribution in [0.1, 0.15) is 12.8 Å². The molecule has 1 heterocycles. The Hall–Kier alpha value is -3.01. The van der Waals surface area contributed by atoms with Crippen LogP contribution in [-0.4, -0.2) is 41.9 Å². The van der Waals surface area contributed by atoms with E-state index < -0.39 is 34.9 Å². The third-order valence-electron chi connectivity index (χ3n) is 4.32. The van der Waals surface area contributed by atoms with Crippen molar-refractivity contribution in [2.45, 2.75) is 18.4 Å². The molecule has 4 amide bonds. The molecule has 1 atom stereocenters. The van der Waals surface area contributed by atoms with E-state index >= 15 is 0 Å². The number of halogens is 2. The molecule has 0 aromatic heterocycles. The highest BCUT2D eigenvalue weighted by molar-refractivity contribution is 6.59. The van der Waals surface area contributed by atoms with Gasteiger partial charge in [-0.1, -0.05) is 11.6 Å². The molecule has 1 aromatic rings. The van der Waals surface area contributed by atoms with Crippen molar-refractivity contribution in [1.82, 2.24) is 16.0 Å². The van der Waals surface area contributed by atoms with Gasteiger partial charge in [-0.2, -0.15) is 5.10 Å². The highest BCUT2D eigenvalue weighted by Gasteiger charge is 2.56. The fraction of sp³-hybridized carbons (Fsp3) is 0.312. The average molecular weight is 395 g/mol. The number of benzene rings is 1. The van der Waals surface area contributed by atoms with Crippen LogP contribution in [0.5, 0.6) is 0 Å². The molecule has 2 aliphatic rings. The smallest absolute Gasteiger partial charge is 0.322 e. The van der Waals surface area contributed by atoms with Crippen molar-refractivity contribution >= 4 is 47.1 Å². The molecular formula is C16H16ClFN6O3. The minimum Gasteiger partial charge on any atom is -0.348 e. The van der Waals surface area contributed by atoms with Gasteiger partial charge in [0, 0.05) is 0 Å². The van der Waals surface area contributed by atoms with Crippen LogP contribution in [0.25, 0.3) is 0 Å². The molecule has 0 radical (unpaired) electrons. The SMILES string of the molecule is N=C(C=NNc1ccc(F)c(Cl)c1)C(=O)NCC1(C2CC2)NC(=O)NC1=O. The summed E-state index contributed by atoms with van der Waals surface area (Å²) in [6, 6.07) is 3.25. The third-order valence-corrected chi connectivity index (χ3v) is 4.61. The summed E-state index contributed by atoms with van der Waals surface area (Å²) < 4.78 is 13.1. The van der Waals surface area contributed by atoms with Crippen molar-refractivity contribution in [1.29, 1.82) is 5.41 Å². The van der Waals surface area contributed by atoms with Crippen LogP contribution in [0.4, 0.5) is 14.9 Å². The molecule has 2 fully saturated rings. The normalized spacial score (nSPS) is 21.7. The first-order valence-electron chi connectivity index (χ1n) is 8.06. The second kappa shape index (κ2) is 7.31. The van der Waals surface area contributed by atoms with Crippen molar-refractivity contribution in [2.24, 2.45) is 11.0 Å². The lowest BCUT2D eigenvalue weighted by atomic mass is 9.93. The maximum Gasteiger partial charge on any atom is 0.322 e. The zero-order chi connectivity index (χ0) is 19.6. The van der Waals surface area contributed by atoms with Crippen LogP contribution in [0.3, 0.4) is 0 Å². The van der Waals surface area contributed by atoms with Gasteiger partial charge in [-0.3, -0.25) is 25.7 Å². The second-order valence-electron chi connectivity index (χ2n) is 6.25. The summed E-state index contributed by atoms with van der Waals surface area (Å²) in [4.78, 5) is 35.6. The van der Waals surface area contributed by atoms with Crippen molar-refractivity contribution in [3.05, 3.63) is 29.0 Å². The molecule has 1 aliphatic carbocycles. The Bertz CT molecular complexity index is 857. The number of hydrogen-bond acceptors (Lipinski definition) is 6. The fourth-order valence-electron chi connectivity index (χ4n) is 2.75. The largest absolute Gasteiger partial charge is 0.348 e. The van der Waals surface area contributed by atoms with Gasteiger partial charge in [0.05, 0.1) is 23.5 Å². The number of nitrogens with zero attached hydrogens (tertiary/aromatic N) is 1. The van der Waals surface area contributed by atoms with Gasteiger partial charge in [-0.15, -0.1) is 0 Å². The molecule has 3 rings (SSSR count). The second-order valence-corrected chi connectivity index (χ2v) is 6.66. The van der Waals surface area contributed by atoms with Gasteiger partial charge in [-0.05, 0) is 37.0 Å². The van der Waals surface area contributed by atoms with E-state index in [1.54, 1.807) is 0 Å². The molecular weight excluding hydrogens is 379 g/mol. The lowest BCUT2D eigenvalue weighted by Gasteiger charge is -2.25. The fourth-order valence-corrected chi connectivity index (χ4v) is 2.93. The van der Waals surface area contributed by atoms with E-state index in [2.05, 4.69) is 26.5 Å². The molecule has 1 aromatic carbocycles. The highest BCUT2D eigenvalue weighted by atomic mass is 35.5. The quantitative estimate of drug-likeness (QED) is 0.268. The molecule has 1 saturated carbocycles. The summed E-state index contributed by atoms with van der Waals surface area (Å²) in [6.45, 7) is -0.120. The Morgan fingerprint density at radius 3 is 2.78 bits per heavy atom. The first-order valence-corrected chi connectivity index (χ1v) is 8.44. The van der Waals surface area contributed by atoms with E-state index in [4.69, 9.17) is 17.0 Å². The highest BCUT2D eigenvalue weighted by Crippen LogP contribution is 2.40. The van der Waals surface area contributed by atoms with Crippen LogP contribution in [0, 0.1) is 17.1 Å². The molecule has 27 heavy (non-hydrogen) atoms. The minimum absolute atomic E-state index is 0.0445. The minimum atomic E-state index is -1.17. The topological polar surface area (TPSA) is 136 Å². The number of hydrazone groups is 1. The van der Waals surface area contributed by atoms with Crippen molar-refractivity contribution in [2.75, 3.05) is 12.0 Å². The first-order chi connectivity index (χ1) is 12.8. The molecule has 1 unspecified atom stereocenters. The maximum atomic E-state index is 13.1. The molecule has 1 saturated heterocycles. The standard InChI is InChI=1S/C16H16ClFN6O3/c17-10-5-9(3-4-11(10)18)24-21-6-12(19)13(25)20-7-16(8-1-2-8)14(26)22-15(27)23-16/h3-6,8,19,24H,1-2,7H2,(H,20,25)(H2,22,23,26,27). The lowest BCUT2D eigenvalue weighted by molar-refractivity contribution is -0.125. The summed E-state index contributed by atoms with van der Waals surface area (Å²) in [6.07, 6.45) is 2.50. The Balaban J connectivity index is 1.54. The summed E-state index contributed by atoms with van der Waals surface area (Å²) in [5.74, 6) is -1.86. The van der Waals surface area contributed by atoms with E-state index in [-0.39, 0.29) is 17.5 Å². The van der Waals surface area contributed by atoms with Gasteiger partial charge in [0.2, 0.25) is 0 Å². The van der Waals surface area contributed by atoms with Crippen LogP contribution in [-0.2, 0) is 9.59 Å². The molecule has 1 aliphatic heterocycles. The van der Waals surface area contributed by atoms with E-state index in [1.807, 2.05) is 0 Å². The lowest BCUT2D eigenvalue weighted by Crippen LogP contribution is -2.57. The number of urea groups is 1. The molecule has 9 nitrogen and oxygen atoms in total. The van der Waals surface area contributed by atoms with Crippen LogP contribution in [0.2, 0.25) is 5.02 Å². The molecule has 142 valence electrons.